The Hall–Kier alpha value is -0.610. The number of nitrogens with zero attached hydrogens (tertiary/aromatic N) is 2. The van der Waals surface area contributed by atoms with Gasteiger partial charge in [-0.2, -0.15) is 0 Å². The topological polar surface area (TPSA) is 35.6 Å². The Bertz CT molecular complexity index is 235. The van der Waals surface area contributed by atoms with E-state index < -0.39 is 0 Å². The van der Waals surface area contributed by atoms with Crippen LogP contribution in [0.15, 0.2) is 0 Å². The fourth-order valence-corrected chi connectivity index (χ4v) is 2.47. The number of carbonyl (C=O) groups is 1. The predicted molar refractivity (Wildman–Crippen MR) is 71.0 cm³/mol. The molecule has 17 heavy (non-hydrogen) atoms. The monoisotopic (exact) mass is 241 g/mol. The molecule has 0 aromatic carbocycles. The summed E-state index contributed by atoms with van der Waals surface area (Å²) in [4.78, 5) is 16.4. The lowest BCUT2D eigenvalue weighted by atomic mass is 10.0. The van der Waals surface area contributed by atoms with Crippen molar-refractivity contribution in [2.75, 3.05) is 33.2 Å². The van der Waals surface area contributed by atoms with Crippen LogP contribution >= 0.6 is 0 Å². The van der Waals surface area contributed by atoms with E-state index in [2.05, 4.69) is 17.3 Å². The summed E-state index contributed by atoms with van der Waals surface area (Å²) in [5.74, 6) is 0.253. The summed E-state index contributed by atoms with van der Waals surface area (Å²) >= 11 is 0. The molecule has 1 rings (SSSR count). The van der Waals surface area contributed by atoms with Gasteiger partial charge in [0.2, 0.25) is 5.91 Å². The first-order valence-electron chi connectivity index (χ1n) is 6.83. The molecule has 4 heteroatoms. The van der Waals surface area contributed by atoms with Gasteiger partial charge in [-0.15, -0.1) is 0 Å². The highest BCUT2D eigenvalue weighted by molar-refractivity contribution is 5.81. The zero-order valence-corrected chi connectivity index (χ0v) is 11.7. The van der Waals surface area contributed by atoms with Crippen molar-refractivity contribution in [3.05, 3.63) is 0 Å². The van der Waals surface area contributed by atoms with Gasteiger partial charge < -0.3 is 10.2 Å². The molecule has 0 aliphatic carbocycles. The summed E-state index contributed by atoms with van der Waals surface area (Å²) in [5.41, 5.74) is 0. The minimum atomic E-state index is -0.0141. The lowest BCUT2D eigenvalue weighted by molar-refractivity contribution is -0.136. The summed E-state index contributed by atoms with van der Waals surface area (Å²) < 4.78 is 0. The van der Waals surface area contributed by atoms with Crippen LogP contribution in [0, 0.1) is 0 Å². The molecular formula is C13H27N3O. The van der Waals surface area contributed by atoms with E-state index in [1.807, 2.05) is 25.7 Å². The highest BCUT2D eigenvalue weighted by atomic mass is 16.2. The maximum atomic E-state index is 12.3. The molecule has 1 N–H and O–H groups in total. The average molecular weight is 241 g/mol. The zero-order chi connectivity index (χ0) is 12.8. The Morgan fingerprint density at radius 1 is 1.41 bits per heavy atom. The maximum Gasteiger partial charge on any atom is 0.239 e. The van der Waals surface area contributed by atoms with E-state index in [-0.39, 0.29) is 11.9 Å². The molecule has 0 aromatic heterocycles. The van der Waals surface area contributed by atoms with Crippen molar-refractivity contribution in [3.8, 4) is 0 Å². The lowest BCUT2D eigenvalue weighted by Crippen LogP contribution is -2.53. The van der Waals surface area contributed by atoms with Gasteiger partial charge >= 0.3 is 0 Å². The van der Waals surface area contributed by atoms with Crippen LogP contribution in [0.3, 0.4) is 0 Å². The van der Waals surface area contributed by atoms with Crippen molar-refractivity contribution in [2.45, 2.75) is 45.7 Å². The van der Waals surface area contributed by atoms with Crippen LogP contribution in [0.2, 0.25) is 0 Å². The third kappa shape index (κ3) is 3.68. The highest BCUT2D eigenvalue weighted by Crippen LogP contribution is 2.13. The van der Waals surface area contributed by atoms with Gasteiger partial charge in [0.05, 0.1) is 6.04 Å². The Kier molecular flexibility index (Phi) is 5.92. The fourth-order valence-electron chi connectivity index (χ4n) is 2.47. The van der Waals surface area contributed by atoms with Crippen LogP contribution in [0.5, 0.6) is 0 Å². The summed E-state index contributed by atoms with van der Waals surface area (Å²) in [7, 11) is 2.07. The molecule has 0 bridgehead atoms. The summed E-state index contributed by atoms with van der Waals surface area (Å²) in [6.45, 7) is 9.82. The molecule has 0 saturated carbocycles. The Morgan fingerprint density at radius 2 is 2.06 bits per heavy atom. The van der Waals surface area contributed by atoms with Gasteiger partial charge in [-0.25, -0.2) is 0 Å². The quantitative estimate of drug-likeness (QED) is 0.778. The van der Waals surface area contributed by atoms with Crippen LogP contribution in [0.1, 0.15) is 33.6 Å². The van der Waals surface area contributed by atoms with E-state index in [9.17, 15) is 4.79 Å². The largest absolute Gasteiger partial charge is 0.342 e. The van der Waals surface area contributed by atoms with Crippen molar-refractivity contribution in [1.29, 1.82) is 0 Å². The molecule has 0 aromatic rings. The Balaban J connectivity index is 2.54. The third-order valence-electron chi connectivity index (χ3n) is 3.89. The van der Waals surface area contributed by atoms with Gasteiger partial charge in [0, 0.05) is 25.7 Å². The molecular weight excluding hydrogens is 214 g/mol. The first-order chi connectivity index (χ1) is 8.11. The SMILES string of the molecule is CCN(CC)C(=O)C(C)N(C)C1CCCNC1. The predicted octanol–water partition coefficient (Wildman–Crippen LogP) is 0.927. The molecule has 1 aliphatic rings. The first kappa shape index (κ1) is 14.5. The third-order valence-corrected chi connectivity index (χ3v) is 3.89. The zero-order valence-electron chi connectivity index (χ0n) is 11.7. The van der Waals surface area contributed by atoms with E-state index in [1.54, 1.807) is 0 Å². The number of rotatable bonds is 5. The molecule has 2 atom stereocenters. The van der Waals surface area contributed by atoms with Crippen LogP contribution in [-0.2, 0) is 4.79 Å². The smallest absolute Gasteiger partial charge is 0.239 e. The van der Waals surface area contributed by atoms with E-state index >= 15 is 0 Å². The van der Waals surface area contributed by atoms with Gasteiger partial charge in [-0.3, -0.25) is 9.69 Å². The number of amides is 1. The van der Waals surface area contributed by atoms with Gasteiger partial charge in [-0.05, 0) is 47.2 Å². The van der Waals surface area contributed by atoms with Crippen molar-refractivity contribution >= 4 is 5.91 Å². The molecule has 2 unspecified atom stereocenters. The van der Waals surface area contributed by atoms with E-state index in [0.717, 1.165) is 26.2 Å². The second kappa shape index (κ2) is 6.97. The fraction of sp³-hybridized carbons (Fsp3) is 0.923. The van der Waals surface area contributed by atoms with Crippen molar-refractivity contribution in [1.82, 2.24) is 15.1 Å². The Labute approximate surface area is 105 Å². The van der Waals surface area contributed by atoms with Crippen LogP contribution in [0.25, 0.3) is 0 Å². The molecule has 1 aliphatic heterocycles. The van der Waals surface area contributed by atoms with Crippen molar-refractivity contribution < 1.29 is 4.79 Å². The molecule has 1 heterocycles. The first-order valence-corrected chi connectivity index (χ1v) is 6.83. The number of hydrogen-bond acceptors (Lipinski definition) is 3. The normalized spacial score (nSPS) is 22.5. The van der Waals surface area contributed by atoms with Gasteiger partial charge in [0.1, 0.15) is 0 Å². The minimum absolute atomic E-state index is 0.0141. The number of carbonyl (C=O) groups excluding carboxylic acids is 1. The number of nitrogens with one attached hydrogen (secondary N) is 1. The molecule has 4 nitrogen and oxygen atoms in total. The number of hydrogen-bond donors (Lipinski definition) is 1. The summed E-state index contributed by atoms with van der Waals surface area (Å²) in [6.07, 6.45) is 2.40. The molecule has 1 amide bonds. The van der Waals surface area contributed by atoms with Crippen molar-refractivity contribution in [2.24, 2.45) is 0 Å². The van der Waals surface area contributed by atoms with E-state index in [1.165, 1.54) is 12.8 Å². The van der Waals surface area contributed by atoms with Crippen molar-refractivity contribution in [3.63, 3.8) is 0 Å². The number of likely N-dealkylation sites (N-methyl/N-ethyl adjacent to an activating group) is 2. The summed E-state index contributed by atoms with van der Waals surface area (Å²) in [5, 5.41) is 3.40. The van der Waals surface area contributed by atoms with Gasteiger partial charge in [-0.1, -0.05) is 0 Å². The lowest BCUT2D eigenvalue weighted by Gasteiger charge is -2.36. The van der Waals surface area contributed by atoms with Crippen LogP contribution < -0.4 is 5.32 Å². The van der Waals surface area contributed by atoms with Crippen LogP contribution in [-0.4, -0.2) is 61.0 Å². The molecule has 0 spiro atoms. The highest BCUT2D eigenvalue weighted by Gasteiger charge is 2.27. The molecule has 0 radical (unpaired) electrons. The van der Waals surface area contributed by atoms with Gasteiger partial charge in [0.15, 0.2) is 0 Å². The average Bonchev–Trinajstić information content (AvgIpc) is 2.39. The maximum absolute atomic E-state index is 12.3. The van der Waals surface area contributed by atoms with Crippen LogP contribution in [0.4, 0.5) is 0 Å². The molecule has 1 saturated heterocycles. The number of piperidine rings is 1. The van der Waals surface area contributed by atoms with Gasteiger partial charge in [0.25, 0.3) is 0 Å². The van der Waals surface area contributed by atoms with E-state index in [4.69, 9.17) is 0 Å². The van der Waals surface area contributed by atoms with E-state index in [0.29, 0.717) is 6.04 Å². The molecule has 1 fully saturated rings. The minimum Gasteiger partial charge on any atom is -0.342 e. The second-order valence-electron chi connectivity index (χ2n) is 4.85. The summed E-state index contributed by atoms with van der Waals surface area (Å²) in [6, 6.07) is 0.484. The standard InChI is InChI=1S/C13H27N3O/c1-5-16(6-2)13(17)11(3)15(4)12-8-7-9-14-10-12/h11-12,14H,5-10H2,1-4H3. The Morgan fingerprint density at radius 3 is 2.53 bits per heavy atom. The molecule has 100 valence electrons. The second-order valence-corrected chi connectivity index (χ2v) is 4.85.